The van der Waals surface area contributed by atoms with Gasteiger partial charge in [0.2, 0.25) is 5.91 Å². The molecule has 126 valence electrons. The van der Waals surface area contributed by atoms with E-state index in [9.17, 15) is 4.79 Å². The van der Waals surface area contributed by atoms with Crippen molar-refractivity contribution < 1.29 is 4.79 Å². The zero-order valence-corrected chi connectivity index (χ0v) is 13.7. The standard InChI is InChI=1S/C19H19N5O/c25-19(21-17-11-10-15-8-4-5-9-16(15)17)18(24-13-20-22-23-24)12-14-6-2-1-3-7-14/h1-9,13,17-18H,10-12H2,(H,21,25). The van der Waals surface area contributed by atoms with E-state index >= 15 is 0 Å². The number of nitrogens with zero attached hydrogens (tertiary/aromatic N) is 4. The third-order valence-corrected chi connectivity index (χ3v) is 4.71. The summed E-state index contributed by atoms with van der Waals surface area (Å²) in [6.45, 7) is 0. The van der Waals surface area contributed by atoms with Crippen LogP contribution >= 0.6 is 0 Å². The number of rotatable bonds is 5. The number of aryl methyl sites for hydroxylation is 1. The average Bonchev–Trinajstić information content (AvgIpc) is 3.31. The lowest BCUT2D eigenvalue weighted by molar-refractivity contribution is -0.125. The maximum absolute atomic E-state index is 13.0. The predicted molar refractivity (Wildman–Crippen MR) is 92.6 cm³/mol. The van der Waals surface area contributed by atoms with Gasteiger partial charge in [0.05, 0.1) is 6.04 Å². The molecule has 25 heavy (non-hydrogen) atoms. The highest BCUT2D eigenvalue weighted by atomic mass is 16.2. The van der Waals surface area contributed by atoms with Gasteiger partial charge in [-0.25, -0.2) is 4.68 Å². The third kappa shape index (κ3) is 3.28. The molecule has 2 atom stereocenters. The summed E-state index contributed by atoms with van der Waals surface area (Å²) in [7, 11) is 0. The Morgan fingerprint density at radius 1 is 1.16 bits per heavy atom. The van der Waals surface area contributed by atoms with Crippen molar-refractivity contribution in [1.82, 2.24) is 25.5 Å². The first-order valence-corrected chi connectivity index (χ1v) is 8.46. The van der Waals surface area contributed by atoms with Gasteiger partial charge in [-0.2, -0.15) is 0 Å². The number of aromatic nitrogens is 4. The lowest BCUT2D eigenvalue weighted by atomic mass is 10.0. The number of carbonyl (C=O) groups excluding carboxylic acids is 1. The number of hydrogen-bond donors (Lipinski definition) is 1. The smallest absolute Gasteiger partial charge is 0.245 e. The molecule has 0 bridgehead atoms. The van der Waals surface area contributed by atoms with Gasteiger partial charge in [0.15, 0.2) is 0 Å². The molecule has 0 spiro atoms. The van der Waals surface area contributed by atoms with Crippen LogP contribution in [0.2, 0.25) is 0 Å². The van der Waals surface area contributed by atoms with Gasteiger partial charge < -0.3 is 5.32 Å². The minimum atomic E-state index is -0.467. The van der Waals surface area contributed by atoms with Gasteiger partial charge in [0, 0.05) is 6.42 Å². The fraction of sp³-hybridized carbons (Fsp3) is 0.263. The molecule has 0 saturated carbocycles. The molecule has 1 N–H and O–H groups in total. The number of carbonyl (C=O) groups is 1. The summed E-state index contributed by atoms with van der Waals surface area (Å²) < 4.78 is 1.53. The van der Waals surface area contributed by atoms with E-state index in [-0.39, 0.29) is 11.9 Å². The Kier molecular flexibility index (Phi) is 4.24. The minimum absolute atomic E-state index is 0.0541. The quantitative estimate of drug-likeness (QED) is 0.777. The van der Waals surface area contributed by atoms with Crippen LogP contribution in [0.3, 0.4) is 0 Å². The topological polar surface area (TPSA) is 72.7 Å². The molecule has 0 radical (unpaired) electrons. The third-order valence-electron chi connectivity index (χ3n) is 4.71. The van der Waals surface area contributed by atoms with Crippen LogP contribution in [0.15, 0.2) is 60.9 Å². The molecule has 1 aromatic heterocycles. The van der Waals surface area contributed by atoms with E-state index in [1.165, 1.54) is 22.1 Å². The van der Waals surface area contributed by atoms with Gasteiger partial charge in [-0.15, -0.1) is 5.10 Å². The molecule has 0 saturated heterocycles. The van der Waals surface area contributed by atoms with Gasteiger partial charge in [0.25, 0.3) is 0 Å². The number of tetrazole rings is 1. The van der Waals surface area contributed by atoms with Crippen molar-refractivity contribution in [3.63, 3.8) is 0 Å². The van der Waals surface area contributed by atoms with Crippen molar-refractivity contribution in [2.75, 3.05) is 0 Å². The summed E-state index contributed by atoms with van der Waals surface area (Å²) >= 11 is 0. The normalized spacial score (nSPS) is 17.0. The SMILES string of the molecule is O=C(NC1CCc2ccccc21)C(Cc1ccccc1)n1cnnn1. The number of nitrogens with one attached hydrogen (secondary N) is 1. The first-order valence-electron chi connectivity index (χ1n) is 8.46. The number of benzene rings is 2. The maximum Gasteiger partial charge on any atom is 0.245 e. The number of amides is 1. The molecule has 1 amide bonds. The first-order chi connectivity index (χ1) is 12.3. The highest BCUT2D eigenvalue weighted by molar-refractivity contribution is 5.81. The zero-order valence-electron chi connectivity index (χ0n) is 13.7. The van der Waals surface area contributed by atoms with Crippen LogP contribution in [0, 0.1) is 0 Å². The van der Waals surface area contributed by atoms with Crippen molar-refractivity contribution in [2.24, 2.45) is 0 Å². The Morgan fingerprint density at radius 3 is 2.76 bits per heavy atom. The first kappa shape index (κ1) is 15.5. The highest BCUT2D eigenvalue weighted by Crippen LogP contribution is 2.31. The maximum atomic E-state index is 13.0. The molecule has 0 aliphatic heterocycles. The molecule has 1 aliphatic carbocycles. The summed E-state index contributed by atoms with van der Waals surface area (Å²) in [6, 6.07) is 17.8. The molecule has 4 rings (SSSR count). The second-order valence-corrected chi connectivity index (χ2v) is 6.29. The van der Waals surface area contributed by atoms with Crippen molar-refractivity contribution in [3.05, 3.63) is 77.6 Å². The van der Waals surface area contributed by atoms with Crippen LogP contribution in [0.4, 0.5) is 0 Å². The summed E-state index contributed by atoms with van der Waals surface area (Å²) in [5.74, 6) is -0.0575. The molecule has 6 heteroatoms. The van der Waals surface area contributed by atoms with Crippen LogP contribution in [0.5, 0.6) is 0 Å². The van der Waals surface area contributed by atoms with E-state index in [1.807, 2.05) is 42.5 Å². The van der Waals surface area contributed by atoms with Crippen LogP contribution in [0.25, 0.3) is 0 Å². The van der Waals surface area contributed by atoms with E-state index in [0.29, 0.717) is 6.42 Å². The molecule has 3 aromatic rings. The van der Waals surface area contributed by atoms with Crippen LogP contribution < -0.4 is 5.32 Å². The van der Waals surface area contributed by atoms with Gasteiger partial charge >= 0.3 is 0 Å². The molecule has 2 aromatic carbocycles. The lowest BCUT2D eigenvalue weighted by Gasteiger charge is -2.20. The monoisotopic (exact) mass is 333 g/mol. The summed E-state index contributed by atoms with van der Waals surface area (Å²) in [4.78, 5) is 13.0. The van der Waals surface area contributed by atoms with Gasteiger partial charge in [-0.3, -0.25) is 4.79 Å². The Morgan fingerprint density at radius 2 is 1.96 bits per heavy atom. The van der Waals surface area contributed by atoms with Crippen LogP contribution in [0.1, 0.15) is 35.2 Å². The summed E-state index contributed by atoms with van der Waals surface area (Å²) in [5.41, 5.74) is 3.60. The summed E-state index contributed by atoms with van der Waals surface area (Å²) in [5, 5.41) is 14.5. The lowest BCUT2D eigenvalue weighted by Crippen LogP contribution is -2.36. The molecular weight excluding hydrogens is 314 g/mol. The van der Waals surface area contributed by atoms with Crippen molar-refractivity contribution in [1.29, 1.82) is 0 Å². The van der Waals surface area contributed by atoms with Gasteiger partial charge in [0.1, 0.15) is 12.4 Å². The van der Waals surface area contributed by atoms with E-state index in [0.717, 1.165) is 18.4 Å². The zero-order chi connectivity index (χ0) is 17.1. The van der Waals surface area contributed by atoms with Crippen molar-refractivity contribution in [2.45, 2.75) is 31.3 Å². The molecular formula is C19H19N5O. The van der Waals surface area contributed by atoms with Gasteiger partial charge in [-0.05, 0) is 40.0 Å². The van der Waals surface area contributed by atoms with Crippen molar-refractivity contribution in [3.8, 4) is 0 Å². The van der Waals surface area contributed by atoms with E-state index in [2.05, 4.69) is 33.0 Å². The largest absolute Gasteiger partial charge is 0.347 e. The minimum Gasteiger partial charge on any atom is -0.347 e. The second kappa shape index (κ2) is 6.84. The molecule has 1 aliphatic rings. The molecule has 0 fully saturated rings. The number of fused-ring (bicyclic) bond motifs is 1. The Balaban J connectivity index is 1.54. The average molecular weight is 333 g/mol. The molecule has 1 heterocycles. The fourth-order valence-electron chi connectivity index (χ4n) is 3.43. The molecule has 2 unspecified atom stereocenters. The van der Waals surface area contributed by atoms with Crippen molar-refractivity contribution >= 4 is 5.91 Å². The Labute approximate surface area is 145 Å². The second-order valence-electron chi connectivity index (χ2n) is 6.29. The van der Waals surface area contributed by atoms with E-state index in [4.69, 9.17) is 0 Å². The fourth-order valence-corrected chi connectivity index (χ4v) is 3.43. The molecule has 6 nitrogen and oxygen atoms in total. The highest BCUT2D eigenvalue weighted by Gasteiger charge is 2.28. The van der Waals surface area contributed by atoms with Crippen LogP contribution in [-0.4, -0.2) is 26.1 Å². The predicted octanol–water partition coefficient (Wildman–Crippen LogP) is 2.26. The summed E-state index contributed by atoms with van der Waals surface area (Å²) in [6.07, 6.45) is 3.97. The van der Waals surface area contributed by atoms with E-state index in [1.54, 1.807) is 0 Å². The Hall–Kier alpha value is -3.02. The van der Waals surface area contributed by atoms with E-state index < -0.39 is 6.04 Å². The van der Waals surface area contributed by atoms with Gasteiger partial charge in [-0.1, -0.05) is 54.6 Å². The Bertz CT molecular complexity index is 847. The number of hydrogen-bond acceptors (Lipinski definition) is 4. The van der Waals surface area contributed by atoms with Crippen LogP contribution in [-0.2, 0) is 17.6 Å².